The Morgan fingerprint density at radius 3 is 2.44 bits per heavy atom. The normalized spacial score (nSPS) is 16.6. The second-order valence-electron chi connectivity index (χ2n) is 11.0. The molecular weight excluding hydrogens is 563 g/mol. The van der Waals surface area contributed by atoms with Gasteiger partial charge in [0, 0.05) is 25.0 Å². The molecule has 2 amide bonds. The lowest BCUT2D eigenvalue weighted by Crippen LogP contribution is -2.45. The molecule has 1 aliphatic carbocycles. The Kier molecular flexibility index (Phi) is 16.5. The number of aliphatic hydroxyl groups is 1. The van der Waals surface area contributed by atoms with E-state index in [1.165, 1.54) is 6.42 Å². The number of hydrogen-bond donors (Lipinski definition) is 2. The van der Waals surface area contributed by atoms with E-state index < -0.39 is 19.5 Å². The van der Waals surface area contributed by atoms with E-state index in [9.17, 15) is 19.3 Å². The highest BCUT2D eigenvalue weighted by Crippen LogP contribution is 2.53. The first-order valence-electron chi connectivity index (χ1n) is 15.3. The standard InChI is InChI=1S/C31H51ClN2O6P/c1-5-8-12-20-34(4)30(36)19-18-28(31(37)41(38,39-6-2)40-7-3)33-29(35)23-26(25-15-10-9-11-16-25)21-24-14-13-17-27(32)22-24/h13-14,17,22-23,25-26,28,31,37H,5-12,15-16,18-21H2,1-4H3,(H,33,35)/t26?,28-,31?/m0/s1. The fourth-order valence-corrected chi connectivity index (χ4v) is 7.52. The van der Waals surface area contributed by atoms with Gasteiger partial charge in [-0.25, -0.2) is 0 Å². The summed E-state index contributed by atoms with van der Waals surface area (Å²) >= 11 is 6.24. The van der Waals surface area contributed by atoms with Crippen molar-refractivity contribution in [2.75, 3.05) is 26.8 Å². The van der Waals surface area contributed by atoms with Crippen LogP contribution in [0.4, 0.5) is 0 Å². The summed E-state index contributed by atoms with van der Waals surface area (Å²) in [6.45, 7) is 6.23. The van der Waals surface area contributed by atoms with Crippen molar-refractivity contribution in [3.05, 3.63) is 41.3 Å². The zero-order chi connectivity index (χ0) is 30.3. The van der Waals surface area contributed by atoms with Crippen LogP contribution in [0.25, 0.3) is 0 Å². The molecule has 8 nitrogen and oxygen atoms in total. The van der Waals surface area contributed by atoms with E-state index in [1.807, 2.05) is 24.3 Å². The van der Waals surface area contributed by atoms with Crippen LogP contribution >= 0.6 is 19.2 Å². The molecule has 3 atom stereocenters. The number of nitrogens with zero attached hydrogens (tertiary/aromatic N) is 1. The number of nitrogens with one attached hydrogen (secondary N) is 1. The third-order valence-corrected chi connectivity index (χ3v) is 10.3. The Morgan fingerprint density at radius 1 is 1.15 bits per heavy atom. The van der Waals surface area contributed by atoms with Gasteiger partial charge in [0.2, 0.25) is 11.8 Å². The maximum atomic E-state index is 13.5. The van der Waals surface area contributed by atoms with Crippen molar-refractivity contribution in [1.29, 1.82) is 0 Å². The minimum Gasteiger partial charge on any atom is -0.379 e. The van der Waals surface area contributed by atoms with Crippen molar-refractivity contribution in [2.24, 2.45) is 11.8 Å². The minimum atomic E-state index is -3.96. The van der Waals surface area contributed by atoms with Crippen LogP contribution < -0.4 is 5.32 Å². The molecule has 1 aliphatic rings. The summed E-state index contributed by atoms with van der Waals surface area (Å²) in [5, 5.41) is 14.8. The molecule has 2 rings (SSSR count). The molecule has 0 bridgehead atoms. The fraction of sp³-hybridized carbons (Fsp3) is 0.710. The second kappa shape index (κ2) is 19.0. The van der Waals surface area contributed by atoms with Gasteiger partial charge in [-0.3, -0.25) is 14.2 Å². The number of hydrogen-bond acceptors (Lipinski definition) is 6. The van der Waals surface area contributed by atoms with Gasteiger partial charge >= 0.3 is 7.60 Å². The summed E-state index contributed by atoms with van der Waals surface area (Å²) < 4.78 is 24.3. The smallest absolute Gasteiger partial charge is 0.360 e. The van der Waals surface area contributed by atoms with Crippen molar-refractivity contribution in [2.45, 2.75) is 103 Å². The molecule has 1 fully saturated rings. The van der Waals surface area contributed by atoms with E-state index in [1.54, 1.807) is 32.2 Å². The number of carbonyl (C=O) groups excluding carboxylic acids is 2. The lowest BCUT2D eigenvalue weighted by atomic mass is 9.76. The molecule has 0 heterocycles. The molecule has 1 saturated carbocycles. The van der Waals surface area contributed by atoms with Crippen LogP contribution in [0.1, 0.15) is 90.5 Å². The maximum absolute atomic E-state index is 13.5. The Morgan fingerprint density at radius 2 is 1.83 bits per heavy atom. The third-order valence-electron chi connectivity index (χ3n) is 7.80. The Hall–Kier alpha value is -1.44. The van der Waals surface area contributed by atoms with Gasteiger partial charge in [0.15, 0.2) is 5.85 Å². The summed E-state index contributed by atoms with van der Waals surface area (Å²) in [6.07, 6.45) is 11.1. The average Bonchev–Trinajstić information content (AvgIpc) is 2.95. The highest BCUT2D eigenvalue weighted by Gasteiger charge is 2.41. The van der Waals surface area contributed by atoms with Gasteiger partial charge in [-0.1, -0.05) is 75.6 Å². The predicted molar refractivity (Wildman–Crippen MR) is 165 cm³/mol. The van der Waals surface area contributed by atoms with Crippen LogP contribution in [-0.2, 0) is 29.6 Å². The monoisotopic (exact) mass is 613 g/mol. The SMILES string of the molecule is CCCCCN(C)C(=O)CC[C@H](NC(=O)[CH]C(Cc1cccc(Cl)c1)C1CCCCC1)C(O)P(=O)(OCC)OCC. The molecule has 2 unspecified atom stereocenters. The topological polar surface area (TPSA) is 105 Å². The van der Waals surface area contributed by atoms with Crippen LogP contribution in [-0.4, -0.2) is 60.5 Å². The highest BCUT2D eigenvalue weighted by atomic mass is 35.5. The van der Waals surface area contributed by atoms with Gasteiger partial charge in [0.25, 0.3) is 0 Å². The second-order valence-corrected chi connectivity index (χ2v) is 13.6. The van der Waals surface area contributed by atoms with E-state index >= 15 is 0 Å². The van der Waals surface area contributed by atoms with E-state index in [-0.39, 0.29) is 43.8 Å². The van der Waals surface area contributed by atoms with E-state index in [2.05, 4.69) is 12.2 Å². The zero-order valence-corrected chi connectivity index (χ0v) is 27.0. The first-order valence-corrected chi connectivity index (χ1v) is 17.3. The first kappa shape index (κ1) is 35.8. The minimum absolute atomic E-state index is 0.0246. The summed E-state index contributed by atoms with van der Waals surface area (Å²) in [6, 6.07) is 6.70. The largest absolute Gasteiger partial charge is 0.379 e. The number of unbranched alkanes of at least 4 members (excludes halogenated alkanes) is 2. The molecule has 1 radical (unpaired) electrons. The van der Waals surface area contributed by atoms with Crippen molar-refractivity contribution < 1.29 is 28.3 Å². The highest BCUT2D eigenvalue weighted by molar-refractivity contribution is 7.54. The molecule has 0 aliphatic heterocycles. The summed E-state index contributed by atoms with van der Waals surface area (Å²) in [7, 11) is -2.21. The van der Waals surface area contributed by atoms with Crippen LogP contribution in [0.15, 0.2) is 24.3 Å². The van der Waals surface area contributed by atoms with Gasteiger partial charge in [-0.2, -0.15) is 0 Å². The van der Waals surface area contributed by atoms with Crippen molar-refractivity contribution in [1.82, 2.24) is 10.2 Å². The van der Waals surface area contributed by atoms with Crippen LogP contribution in [0.2, 0.25) is 5.02 Å². The Bertz CT molecular complexity index is 964. The van der Waals surface area contributed by atoms with Gasteiger partial charge in [-0.15, -0.1) is 0 Å². The molecule has 1 aromatic carbocycles. The third kappa shape index (κ3) is 12.4. The maximum Gasteiger partial charge on any atom is 0.360 e. The van der Waals surface area contributed by atoms with Gasteiger partial charge in [-0.05, 0) is 62.6 Å². The molecular formula is C31H51ClN2O6P. The quantitative estimate of drug-likeness (QED) is 0.132. The van der Waals surface area contributed by atoms with Crippen LogP contribution in [0, 0.1) is 18.3 Å². The summed E-state index contributed by atoms with van der Waals surface area (Å²) in [4.78, 5) is 28.0. The first-order chi connectivity index (χ1) is 19.6. The number of amides is 2. The molecule has 233 valence electrons. The van der Waals surface area contributed by atoms with Crippen molar-refractivity contribution in [3.8, 4) is 0 Å². The number of halogens is 1. The number of rotatable bonds is 19. The van der Waals surface area contributed by atoms with Gasteiger partial charge in [0.05, 0.1) is 25.7 Å². The summed E-state index contributed by atoms with van der Waals surface area (Å²) in [5.74, 6) is -1.74. The zero-order valence-electron chi connectivity index (χ0n) is 25.4. The van der Waals surface area contributed by atoms with Gasteiger partial charge in [0.1, 0.15) is 0 Å². The van der Waals surface area contributed by atoms with Crippen LogP contribution in [0.3, 0.4) is 0 Å². The van der Waals surface area contributed by atoms with E-state index in [4.69, 9.17) is 20.6 Å². The van der Waals surface area contributed by atoms with Crippen molar-refractivity contribution in [3.63, 3.8) is 0 Å². The molecule has 1 aromatic rings. The molecule has 10 heteroatoms. The Balaban J connectivity index is 2.20. The van der Waals surface area contributed by atoms with Gasteiger partial charge < -0.3 is 24.4 Å². The fourth-order valence-electron chi connectivity index (χ4n) is 5.54. The molecule has 2 N–H and O–H groups in total. The van der Waals surface area contributed by atoms with Crippen LogP contribution in [0.5, 0.6) is 0 Å². The molecule has 0 aromatic heterocycles. The number of carbonyl (C=O) groups is 2. The lowest BCUT2D eigenvalue weighted by molar-refractivity contribution is -0.130. The molecule has 0 saturated heterocycles. The summed E-state index contributed by atoms with van der Waals surface area (Å²) in [5.41, 5.74) is 1.06. The number of aliphatic hydroxyl groups excluding tert-OH is 1. The Labute approximate surface area is 252 Å². The van der Waals surface area contributed by atoms with Crippen molar-refractivity contribution >= 4 is 31.0 Å². The lowest BCUT2D eigenvalue weighted by Gasteiger charge is -2.32. The van der Waals surface area contributed by atoms with E-state index in [0.29, 0.717) is 23.9 Å². The predicted octanol–water partition coefficient (Wildman–Crippen LogP) is 6.78. The molecule has 0 spiro atoms. The number of benzene rings is 1. The molecule has 41 heavy (non-hydrogen) atoms. The average molecular weight is 614 g/mol. The van der Waals surface area contributed by atoms with E-state index in [0.717, 1.165) is 50.5 Å².